The number of hydrogen-bond donors (Lipinski definition) is 1. The normalized spacial score (nSPS) is 35.2. The molecular formula is C37H49ClN2O5S. The van der Waals surface area contributed by atoms with Gasteiger partial charge in [-0.15, -0.1) is 0 Å². The fourth-order valence-corrected chi connectivity index (χ4v) is 9.68. The molecule has 2 aromatic carbocycles. The number of nitrogens with one attached hydrogen (secondary N) is 1. The minimum atomic E-state index is -2.95. The number of anilines is 1. The Kier molecular flexibility index (Phi) is 9.82. The van der Waals surface area contributed by atoms with E-state index in [9.17, 15) is 9.00 Å². The number of aryl methyl sites for hydroxylation is 1. The second-order valence-electron chi connectivity index (χ2n) is 14.1. The van der Waals surface area contributed by atoms with Gasteiger partial charge in [-0.25, -0.2) is 4.21 Å². The Balaban J connectivity index is 1.42. The average Bonchev–Trinajstić information content (AvgIpc) is 3.17. The number of benzene rings is 2. The van der Waals surface area contributed by atoms with Gasteiger partial charge in [-0.3, -0.25) is 9.52 Å². The van der Waals surface area contributed by atoms with Crippen LogP contribution in [0.5, 0.6) is 5.75 Å². The topological polar surface area (TPSA) is 77.1 Å². The third-order valence-electron chi connectivity index (χ3n) is 11.3. The van der Waals surface area contributed by atoms with E-state index in [-0.39, 0.29) is 34.5 Å². The van der Waals surface area contributed by atoms with Crippen molar-refractivity contribution >= 4 is 38.8 Å². The molecule has 8 atom stereocenters. The highest BCUT2D eigenvalue weighted by molar-refractivity contribution is 7.99. The summed E-state index contributed by atoms with van der Waals surface area (Å²) < 4.78 is 35.2. The summed E-state index contributed by atoms with van der Waals surface area (Å²) in [5.41, 5.74) is 3.76. The van der Waals surface area contributed by atoms with Gasteiger partial charge in [-0.1, -0.05) is 43.7 Å². The molecule has 6 rings (SSSR count). The number of hydrogen-bond acceptors (Lipinski definition) is 6. The minimum absolute atomic E-state index is 0.0200. The van der Waals surface area contributed by atoms with Gasteiger partial charge >= 0.3 is 0 Å². The van der Waals surface area contributed by atoms with Crippen LogP contribution >= 0.6 is 11.6 Å². The Morgan fingerprint density at radius 1 is 1.13 bits per heavy atom. The lowest BCUT2D eigenvalue weighted by molar-refractivity contribution is -0.0311. The highest BCUT2D eigenvalue weighted by Crippen LogP contribution is 2.47. The summed E-state index contributed by atoms with van der Waals surface area (Å²) in [7, 11) is -1.25. The Morgan fingerprint density at radius 3 is 2.72 bits per heavy atom. The van der Waals surface area contributed by atoms with Crippen LogP contribution in [0.25, 0.3) is 0 Å². The summed E-state index contributed by atoms with van der Waals surface area (Å²) in [5.74, 6) is 5.32. The molecular weight excluding hydrogens is 620 g/mol. The Labute approximate surface area is 280 Å². The summed E-state index contributed by atoms with van der Waals surface area (Å²) in [5, 5.41) is 0.424. The number of rotatable bonds is 4. The summed E-state index contributed by atoms with van der Waals surface area (Å²) in [6.45, 7) is 9.35. The molecule has 1 spiro atoms. The van der Waals surface area contributed by atoms with Crippen LogP contribution in [-0.4, -0.2) is 67.4 Å². The lowest BCUT2D eigenvalue weighted by atomic mass is 9.68. The van der Waals surface area contributed by atoms with Gasteiger partial charge in [0.15, 0.2) is 0 Å². The van der Waals surface area contributed by atoms with Crippen LogP contribution in [0.4, 0.5) is 5.69 Å². The van der Waals surface area contributed by atoms with Gasteiger partial charge < -0.3 is 19.1 Å². The van der Waals surface area contributed by atoms with E-state index < -0.39 is 9.71 Å². The molecule has 1 N–H and O–H groups in total. The fraction of sp³-hybridized carbons (Fsp3) is 0.568. The molecule has 1 saturated carbocycles. The van der Waals surface area contributed by atoms with Crippen molar-refractivity contribution in [1.29, 1.82) is 0 Å². The second kappa shape index (κ2) is 13.5. The van der Waals surface area contributed by atoms with Crippen molar-refractivity contribution in [3.8, 4) is 5.75 Å². The number of methoxy groups -OCH3 is 1. The quantitative estimate of drug-likeness (QED) is 0.229. The molecule has 1 fully saturated rings. The smallest absolute Gasteiger partial charge is 0.262 e. The number of halogens is 1. The van der Waals surface area contributed by atoms with Gasteiger partial charge in [-0.2, -0.15) is 0 Å². The standard InChI is InChI=1S/C37H49ClN2O5S/c1-24-8-14-34(44-18-17-43-4)31-12-9-29(31)21-40-22-37(16-6-7-27-19-30(38)11-13-32(27)37)23-45-35-15-10-28(20-33(35)40)36(41)39-46(5,42)26(3)25(24)2/h8,10-11,13-15,19-20,24-26,29,31,34H,5-7,9,12,16-18,21-23H2,1-4H3,(H,39,41,42)/b14-8+/t24-,25-,26+,29-,31+,34-,37-,46?/m0/s1. The maximum atomic E-state index is 13.9. The zero-order chi connectivity index (χ0) is 32.6. The van der Waals surface area contributed by atoms with Gasteiger partial charge in [-0.05, 0) is 110 Å². The predicted octanol–water partition coefficient (Wildman–Crippen LogP) is 6.46. The third-order valence-corrected chi connectivity index (χ3v) is 13.7. The van der Waals surface area contributed by atoms with Gasteiger partial charge in [0, 0.05) is 41.5 Å². The zero-order valence-electron chi connectivity index (χ0n) is 27.6. The lowest BCUT2D eigenvalue weighted by Crippen LogP contribution is -2.49. The molecule has 46 heavy (non-hydrogen) atoms. The summed E-state index contributed by atoms with van der Waals surface area (Å²) in [6.07, 6.45) is 9.66. The van der Waals surface area contributed by atoms with E-state index in [1.165, 1.54) is 11.1 Å². The molecule has 2 heterocycles. The molecule has 2 aromatic rings. The number of nitrogens with zero attached hydrogens (tertiary/aromatic N) is 1. The molecule has 9 heteroatoms. The fourth-order valence-electron chi connectivity index (χ4n) is 7.92. The van der Waals surface area contributed by atoms with Crippen molar-refractivity contribution < 1.29 is 23.2 Å². The van der Waals surface area contributed by atoms with Crippen molar-refractivity contribution in [3.05, 3.63) is 70.3 Å². The highest BCUT2D eigenvalue weighted by atomic mass is 35.5. The molecule has 4 aliphatic rings. The maximum Gasteiger partial charge on any atom is 0.262 e. The SMILES string of the molecule is C=S1(=O)NC(=O)c2ccc3c(c2)N(C[C@@H]2CC[C@H]2[C@@H](OCCOC)/C=C/[C@H](C)[C@H](C)[C@H]1C)C[C@@]1(CCCc2cc(Cl)ccc21)CO3. The molecule has 0 radical (unpaired) electrons. The summed E-state index contributed by atoms with van der Waals surface area (Å²) in [4.78, 5) is 16.1. The number of carbonyl (C=O) groups excluding carboxylic acids is 1. The average molecular weight is 669 g/mol. The van der Waals surface area contributed by atoms with E-state index >= 15 is 0 Å². The molecule has 0 saturated heterocycles. The van der Waals surface area contributed by atoms with E-state index in [0.717, 1.165) is 61.7 Å². The molecule has 0 aromatic heterocycles. The van der Waals surface area contributed by atoms with Crippen molar-refractivity contribution in [2.75, 3.05) is 44.9 Å². The van der Waals surface area contributed by atoms with E-state index in [4.69, 9.17) is 25.8 Å². The number of fused-ring (bicyclic) bond motifs is 4. The first-order valence-corrected chi connectivity index (χ1v) is 19.0. The van der Waals surface area contributed by atoms with Gasteiger partial charge in [0.05, 0.1) is 41.3 Å². The van der Waals surface area contributed by atoms with Crippen LogP contribution in [0.2, 0.25) is 5.02 Å². The van der Waals surface area contributed by atoms with Crippen LogP contribution in [0.3, 0.4) is 0 Å². The first kappa shape index (κ1) is 33.4. The van der Waals surface area contributed by atoms with Crippen LogP contribution < -0.4 is 14.4 Å². The van der Waals surface area contributed by atoms with Crippen LogP contribution in [0, 0.1) is 23.7 Å². The molecule has 2 bridgehead atoms. The largest absolute Gasteiger partial charge is 0.490 e. The highest BCUT2D eigenvalue weighted by Gasteiger charge is 2.44. The Morgan fingerprint density at radius 2 is 1.96 bits per heavy atom. The molecule has 1 unspecified atom stereocenters. The molecule has 250 valence electrons. The maximum absolute atomic E-state index is 13.9. The number of allylic oxidation sites excluding steroid dienone is 1. The number of amides is 1. The molecule has 2 aliphatic heterocycles. The van der Waals surface area contributed by atoms with Gasteiger partial charge in [0.1, 0.15) is 5.75 Å². The summed E-state index contributed by atoms with van der Waals surface area (Å²) >= 11 is 6.45. The van der Waals surface area contributed by atoms with E-state index in [0.29, 0.717) is 37.2 Å². The van der Waals surface area contributed by atoms with E-state index in [2.05, 4.69) is 53.6 Å². The number of carbonyl (C=O) groups is 1. The monoisotopic (exact) mass is 668 g/mol. The third kappa shape index (κ3) is 6.60. The van der Waals surface area contributed by atoms with Crippen molar-refractivity contribution in [1.82, 2.24) is 4.72 Å². The van der Waals surface area contributed by atoms with Crippen LogP contribution in [-0.2, 0) is 31.0 Å². The van der Waals surface area contributed by atoms with E-state index in [1.54, 1.807) is 13.2 Å². The van der Waals surface area contributed by atoms with Crippen LogP contribution in [0.1, 0.15) is 67.9 Å². The van der Waals surface area contributed by atoms with Crippen molar-refractivity contribution in [2.45, 2.75) is 69.6 Å². The first-order chi connectivity index (χ1) is 22.0. The van der Waals surface area contributed by atoms with Crippen LogP contribution in [0.15, 0.2) is 48.6 Å². The van der Waals surface area contributed by atoms with Gasteiger partial charge in [0.2, 0.25) is 0 Å². The van der Waals surface area contributed by atoms with E-state index in [1.807, 2.05) is 25.1 Å². The minimum Gasteiger partial charge on any atom is -0.490 e. The van der Waals surface area contributed by atoms with Crippen molar-refractivity contribution in [3.63, 3.8) is 0 Å². The molecule has 1 amide bonds. The Hall–Kier alpha value is -2.52. The van der Waals surface area contributed by atoms with Crippen molar-refractivity contribution in [2.24, 2.45) is 23.7 Å². The molecule has 7 nitrogen and oxygen atoms in total. The summed E-state index contributed by atoms with van der Waals surface area (Å²) in [6, 6.07) is 11.9. The number of ether oxygens (including phenoxy) is 3. The second-order valence-corrected chi connectivity index (χ2v) is 16.9. The molecule has 2 aliphatic carbocycles. The first-order valence-electron chi connectivity index (χ1n) is 16.8. The lowest BCUT2D eigenvalue weighted by Gasteiger charge is -2.46. The Bertz CT molecular complexity index is 1580. The zero-order valence-corrected chi connectivity index (χ0v) is 29.2. The predicted molar refractivity (Wildman–Crippen MR) is 188 cm³/mol. The van der Waals surface area contributed by atoms with Gasteiger partial charge in [0.25, 0.3) is 5.91 Å².